The number of hydrogen-bond donors (Lipinski definition) is 1. The fraction of sp³-hybridized carbons (Fsp3) is 0. The van der Waals surface area contributed by atoms with Crippen LogP contribution in [0.4, 0.5) is 4.39 Å². The number of fused-ring (bicyclic) bond motifs is 1. The maximum Gasteiger partial charge on any atom is 0.217 e. The van der Waals surface area contributed by atoms with Crippen LogP contribution in [-0.2, 0) is 0 Å². The fourth-order valence-electron chi connectivity index (χ4n) is 2.17. The zero-order valence-electron chi connectivity index (χ0n) is 9.84. The van der Waals surface area contributed by atoms with Crippen LogP contribution < -0.4 is 0 Å². The highest BCUT2D eigenvalue weighted by Gasteiger charge is 2.17. The molecule has 0 saturated heterocycles. The van der Waals surface area contributed by atoms with Crippen LogP contribution in [0.25, 0.3) is 16.6 Å². The van der Waals surface area contributed by atoms with Crippen molar-refractivity contribution in [2.24, 2.45) is 0 Å². The van der Waals surface area contributed by atoms with Gasteiger partial charge < -0.3 is 5.11 Å². The molecule has 4 heteroatoms. The van der Waals surface area contributed by atoms with Gasteiger partial charge in [-0.25, -0.2) is 0 Å². The first-order valence-electron chi connectivity index (χ1n) is 5.71. The van der Waals surface area contributed by atoms with Crippen LogP contribution in [-0.4, -0.2) is 9.67 Å². The summed E-state index contributed by atoms with van der Waals surface area (Å²) in [6.07, 6.45) is 0. The molecule has 0 radical (unpaired) electrons. The van der Waals surface area contributed by atoms with Crippen molar-refractivity contribution >= 4 is 10.9 Å². The minimum atomic E-state index is -0.589. The number of phenolic OH excluding ortho intramolecular Hbond substituents is 1. The van der Waals surface area contributed by atoms with Gasteiger partial charge in [0.1, 0.15) is 17.4 Å². The highest BCUT2D eigenvalue weighted by Crippen LogP contribution is 2.28. The highest BCUT2D eigenvalue weighted by molar-refractivity contribution is 5.88. The summed E-state index contributed by atoms with van der Waals surface area (Å²) >= 11 is 0. The van der Waals surface area contributed by atoms with E-state index >= 15 is 0 Å². The molecule has 3 aromatic rings. The highest BCUT2D eigenvalue weighted by atomic mass is 19.1. The molecular weight excluding hydrogens is 243 g/mol. The molecule has 0 aliphatic heterocycles. The maximum atomic E-state index is 14.4. The largest absolute Gasteiger partial charge is 0.508 e. The molecule has 92 valence electrons. The Hall–Kier alpha value is -2.80. The molecule has 19 heavy (non-hydrogen) atoms. The van der Waals surface area contributed by atoms with Gasteiger partial charge in [0.05, 0.1) is 5.52 Å². The molecule has 3 nitrogen and oxygen atoms in total. The Bertz CT molecular complexity index is 797. The third kappa shape index (κ3) is 1.64. The number of benzene rings is 2. The van der Waals surface area contributed by atoms with E-state index in [0.29, 0.717) is 16.6 Å². The Labute approximate surface area is 108 Å². The summed E-state index contributed by atoms with van der Waals surface area (Å²) in [6.45, 7) is 0. The van der Waals surface area contributed by atoms with Crippen LogP contribution in [0.15, 0.2) is 48.5 Å². The normalized spacial score (nSPS) is 10.5. The second-order valence-electron chi connectivity index (χ2n) is 4.15. The molecule has 0 spiro atoms. The Morgan fingerprint density at radius 3 is 2.42 bits per heavy atom. The number of nitriles is 1. The predicted octanol–water partition coefficient (Wildman–Crippen LogP) is 3.35. The number of rotatable bonds is 1. The second kappa shape index (κ2) is 4.14. The van der Waals surface area contributed by atoms with Gasteiger partial charge in [0, 0.05) is 11.1 Å². The summed E-state index contributed by atoms with van der Waals surface area (Å²) in [5, 5.41) is 18.9. The van der Waals surface area contributed by atoms with Gasteiger partial charge in [-0.1, -0.05) is 18.2 Å². The SMILES string of the molecule is N#Cc1c(F)n(-c2ccc(O)cc2)c2ccccc12. The zero-order valence-corrected chi connectivity index (χ0v) is 9.84. The van der Waals surface area contributed by atoms with Gasteiger partial charge in [-0.3, -0.25) is 4.57 Å². The summed E-state index contributed by atoms with van der Waals surface area (Å²) in [4.78, 5) is 0. The van der Waals surface area contributed by atoms with Crippen LogP contribution in [0, 0.1) is 17.3 Å². The van der Waals surface area contributed by atoms with Crippen molar-refractivity contribution in [3.05, 3.63) is 60.0 Å². The van der Waals surface area contributed by atoms with E-state index in [-0.39, 0.29) is 11.3 Å². The molecule has 0 atom stereocenters. The summed E-state index contributed by atoms with van der Waals surface area (Å²) in [5.74, 6) is -0.476. The average molecular weight is 252 g/mol. The molecule has 1 heterocycles. The minimum absolute atomic E-state index is 0.0312. The van der Waals surface area contributed by atoms with Crippen LogP contribution in [0.5, 0.6) is 5.75 Å². The molecule has 3 rings (SSSR count). The van der Waals surface area contributed by atoms with E-state index in [0.717, 1.165) is 0 Å². The van der Waals surface area contributed by atoms with Gasteiger partial charge in [-0.05, 0) is 30.3 Å². The summed E-state index contributed by atoms with van der Waals surface area (Å²) in [5.41, 5.74) is 1.22. The Balaban J connectivity index is 2.38. The molecule has 1 N–H and O–H groups in total. The maximum absolute atomic E-state index is 14.4. The Kier molecular flexibility index (Phi) is 2.46. The van der Waals surface area contributed by atoms with Gasteiger partial charge in [-0.2, -0.15) is 9.65 Å². The van der Waals surface area contributed by atoms with Crippen molar-refractivity contribution in [3.63, 3.8) is 0 Å². The molecular formula is C15H9FN2O. The first-order chi connectivity index (χ1) is 9.22. The molecule has 0 aliphatic carbocycles. The van der Waals surface area contributed by atoms with Crippen molar-refractivity contribution in [1.29, 1.82) is 5.26 Å². The molecule has 0 saturated carbocycles. The number of hydrogen-bond acceptors (Lipinski definition) is 2. The Morgan fingerprint density at radius 2 is 1.74 bits per heavy atom. The molecule has 0 bridgehead atoms. The summed E-state index contributed by atoms with van der Waals surface area (Å²) in [7, 11) is 0. The van der Waals surface area contributed by atoms with Crippen molar-refractivity contribution in [3.8, 4) is 17.5 Å². The van der Waals surface area contributed by atoms with Crippen LogP contribution in [0.3, 0.4) is 0 Å². The first kappa shape index (κ1) is 11.3. The van der Waals surface area contributed by atoms with E-state index < -0.39 is 5.95 Å². The van der Waals surface area contributed by atoms with E-state index in [1.54, 1.807) is 36.4 Å². The lowest BCUT2D eigenvalue weighted by molar-refractivity contribution is 0.475. The molecule has 2 aromatic carbocycles. The number of para-hydroxylation sites is 1. The zero-order chi connectivity index (χ0) is 13.4. The van der Waals surface area contributed by atoms with Gasteiger partial charge in [0.2, 0.25) is 5.95 Å². The van der Waals surface area contributed by atoms with Crippen LogP contribution in [0.2, 0.25) is 0 Å². The van der Waals surface area contributed by atoms with Gasteiger partial charge >= 0.3 is 0 Å². The van der Waals surface area contributed by atoms with E-state index in [9.17, 15) is 9.50 Å². The van der Waals surface area contributed by atoms with Gasteiger partial charge in [0.15, 0.2) is 0 Å². The minimum Gasteiger partial charge on any atom is -0.508 e. The van der Waals surface area contributed by atoms with Gasteiger partial charge in [-0.15, -0.1) is 0 Å². The fourth-order valence-corrected chi connectivity index (χ4v) is 2.17. The lowest BCUT2D eigenvalue weighted by Gasteiger charge is -2.06. The van der Waals surface area contributed by atoms with E-state index in [1.165, 1.54) is 16.7 Å². The molecule has 1 aromatic heterocycles. The number of aromatic hydroxyl groups is 1. The number of halogens is 1. The van der Waals surface area contributed by atoms with Crippen molar-refractivity contribution in [2.45, 2.75) is 0 Å². The Morgan fingerprint density at radius 1 is 1.05 bits per heavy atom. The number of aromatic nitrogens is 1. The second-order valence-corrected chi connectivity index (χ2v) is 4.15. The van der Waals surface area contributed by atoms with E-state index in [1.807, 2.05) is 6.07 Å². The predicted molar refractivity (Wildman–Crippen MR) is 69.6 cm³/mol. The standard InChI is InChI=1S/C15H9FN2O/c16-15-13(9-17)12-3-1-2-4-14(12)18(15)10-5-7-11(19)8-6-10/h1-8,19H. The van der Waals surface area contributed by atoms with Crippen molar-refractivity contribution in [2.75, 3.05) is 0 Å². The van der Waals surface area contributed by atoms with Crippen molar-refractivity contribution in [1.82, 2.24) is 4.57 Å². The number of nitrogens with zero attached hydrogens (tertiary/aromatic N) is 2. The monoisotopic (exact) mass is 252 g/mol. The lowest BCUT2D eigenvalue weighted by Crippen LogP contribution is -1.97. The summed E-state index contributed by atoms with van der Waals surface area (Å²) in [6, 6.07) is 15.1. The molecule has 0 aliphatic rings. The molecule has 0 unspecified atom stereocenters. The van der Waals surface area contributed by atoms with Crippen molar-refractivity contribution < 1.29 is 9.50 Å². The third-order valence-electron chi connectivity index (χ3n) is 3.04. The quantitative estimate of drug-likeness (QED) is 0.722. The smallest absolute Gasteiger partial charge is 0.217 e. The van der Waals surface area contributed by atoms with Gasteiger partial charge in [0.25, 0.3) is 0 Å². The first-order valence-corrected chi connectivity index (χ1v) is 5.71. The summed E-state index contributed by atoms with van der Waals surface area (Å²) < 4.78 is 15.7. The van der Waals surface area contributed by atoms with Crippen LogP contribution >= 0.6 is 0 Å². The lowest BCUT2D eigenvalue weighted by atomic mass is 10.2. The van der Waals surface area contributed by atoms with Crippen LogP contribution in [0.1, 0.15) is 5.56 Å². The molecule has 0 amide bonds. The topological polar surface area (TPSA) is 49.0 Å². The number of phenols is 1. The average Bonchev–Trinajstić information content (AvgIpc) is 2.71. The van der Waals surface area contributed by atoms with E-state index in [4.69, 9.17) is 5.26 Å². The third-order valence-corrected chi connectivity index (χ3v) is 3.04. The van der Waals surface area contributed by atoms with E-state index in [2.05, 4.69) is 0 Å². The molecule has 0 fully saturated rings.